The first-order valence-electron chi connectivity index (χ1n) is 9.00. The fourth-order valence-electron chi connectivity index (χ4n) is 2.39. The highest BCUT2D eigenvalue weighted by molar-refractivity contribution is 4.48. The van der Waals surface area contributed by atoms with Crippen LogP contribution in [0.3, 0.4) is 0 Å². The molecule has 0 heterocycles. The van der Waals surface area contributed by atoms with Crippen molar-refractivity contribution in [1.29, 1.82) is 0 Å². The van der Waals surface area contributed by atoms with E-state index in [0.717, 1.165) is 19.8 Å². The maximum atomic E-state index is 5.59. The van der Waals surface area contributed by atoms with Crippen LogP contribution in [0.1, 0.15) is 84.0 Å². The molecule has 0 spiro atoms. The van der Waals surface area contributed by atoms with E-state index in [0.29, 0.717) is 0 Å². The van der Waals surface area contributed by atoms with E-state index in [1.54, 1.807) is 0 Å². The lowest BCUT2D eigenvalue weighted by Crippen LogP contribution is -2.18. The Bertz CT molecular complexity index is 171. The van der Waals surface area contributed by atoms with Gasteiger partial charge in [0.1, 0.15) is 0 Å². The molecule has 2 heteroatoms. The predicted molar refractivity (Wildman–Crippen MR) is 90.5 cm³/mol. The molecule has 0 fully saturated rings. The third-order valence-electron chi connectivity index (χ3n) is 3.83. The Morgan fingerprint density at radius 1 is 0.600 bits per heavy atom. The van der Waals surface area contributed by atoms with Gasteiger partial charge in [-0.25, -0.2) is 0 Å². The molecule has 122 valence electrons. The molecule has 0 saturated carbocycles. The van der Waals surface area contributed by atoms with Crippen LogP contribution < -0.4 is 0 Å². The van der Waals surface area contributed by atoms with Crippen LogP contribution in [0, 0.1) is 0 Å². The first-order valence-corrected chi connectivity index (χ1v) is 9.00. The number of likely N-dealkylation sites (N-methyl/N-ethyl adjacent to an activating group) is 1. The number of rotatable bonds is 16. The maximum Gasteiger partial charge on any atom is 0.0593 e. The molecule has 0 N–H and O–H groups in total. The molecular weight excluding hydrogens is 246 g/mol. The van der Waals surface area contributed by atoms with Crippen molar-refractivity contribution in [3.05, 3.63) is 0 Å². The van der Waals surface area contributed by atoms with Crippen molar-refractivity contribution in [2.75, 3.05) is 33.9 Å². The quantitative estimate of drug-likeness (QED) is 0.358. The van der Waals surface area contributed by atoms with Gasteiger partial charge in [0, 0.05) is 13.2 Å². The molecule has 0 amide bonds. The fraction of sp³-hybridized carbons (Fsp3) is 1.00. The van der Waals surface area contributed by atoms with Gasteiger partial charge in [0.2, 0.25) is 0 Å². The lowest BCUT2D eigenvalue weighted by Gasteiger charge is -2.09. The zero-order valence-corrected chi connectivity index (χ0v) is 14.5. The summed E-state index contributed by atoms with van der Waals surface area (Å²) in [5, 5.41) is 0. The minimum absolute atomic E-state index is 0.880. The largest absolute Gasteiger partial charge is 0.380 e. The van der Waals surface area contributed by atoms with Crippen molar-refractivity contribution in [2.24, 2.45) is 0 Å². The molecule has 0 aliphatic rings. The molecular formula is C18H39NO. The molecule has 0 aromatic rings. The normalized spacial score (nSPS) is 11.4. The Morgan fingerprint density at radius 3 is 1.50 bits per heavy atom. The monoisotopic (exact) mass is 285 g/mol. The molecule has 20 heavy (non-hydrogen) atoms. The average Bonchev–Trinajstić information content (AvgIpc) is 2.43. The Kier molecular flexibility index (Phi) is 16.9. The first kappa shape index (κ1) is 19.9. The van der Waals surface area contributed by atoms with Crippen LogP contribution in [0.4, 0.5) is 0 Å². The van der Waals surface area contributed by atoms with Crippen LogP contribution in [0.15, 0.2) is 0 Å². The second kappa shape index (κ2) is 17.0. The fourth-order valence-corrected chi connectivity index (χ4v) is 2.39. The van der Waals surface area contributed by atoms with Gasteiger partial charge >= 0.3 is 0 Å². The standard InChI is InChI=1S/C18H39NO/c1-4-5-6-7-8-9-10-11-12-13-14-15-17-20-18-16-19(2)3/h4-18H2,1-3H3. The van der Waals surface area contributed by atoms with Crippen molar-refractivity contribution in [3.8, 4) is 0 Å². The zero-order chi connectivity index (χ0) is 14.9. The lowest BCUT2D eigenvalue weighted by atomic mass is 10.1. The summed E-state index contributed by atoms with van der Waals surface area (Å²) in [4.78, 5) is 2.17. The second-order valence-electron chi connectivity index (χ2n) is 6.30. The van der Waals surface area contributed by atoms with Gasteiger partial charge in [0.15, 0.2) is 0 Å². The molecule has 0 aliphatic carbocycles. The third-order valence-corrected chi connectivity index (χ3v) is 3.83. The van der Waals surface area contributed by atoms with E-state index in [2.05, 4.69) is 25.9 Å². The Morgan fingerprint density at radius 2 is 1.05 bits per heavy atom. The molecule has 0 unspecified atom stereocenters. The van der Waals surface area contributed by atoms with E-state index >= 15 is 0 Å². The minimum Gasteiger partial charge on any atom is -0.380 e. The average molecular weight is 286 g/mol. The number of hydrogen-bond acceptors (Lipinski definition) is 2. The summed E-state index contributed by atoms with van der Waals surface area (Å²) in [5.41, 5.74) is 0. The SMILES string of the molecule is CCCCCCCCCCCCCCOCCN(C)C. The van der Waals surface area contributed by atoms with E-state index in [-0.39, 0.29) is 0 Å². The minimum atomic E-state index is 0.880. The van der Waals surface area contributed by atoms with Gasteiger partial charge < -0.3 is 9.64 Å². The van der Waals surface area contributed by atoms with E-state index in [4.69, 9.17) is 4.74 Å². The molecule has 0 saturated heterocycles. The Balaban J connectivity index is 2.92. The van der Waals surface area contributed by atoms with Gasteiger partial charge in [0.05, 0.1) is 6.61 Å². The highest BCUT2D eigenvalue weighted by Gasteiger charge is 1.94. The molecule has 2 nitrogen and oxygen atoms in total. The van der Waals surface area contributed by atoms with Gasteiger partial charge in [-0.2, -0.15) is 0 Å². The van der Waals surface area contributed by atoms with Gasteiger partial charge in [-0.1, -0.05) is 77.6 Å². The van der Waals surface area contributed by atoms with Crippen molar-refractivity contribution in [2.45, 2.75) is 84.0 Å². The molecule has 0 bridgehead atoms. The zero-order valence-electron chi connectivity index (χ0n) is 14.5. The molecule has 0 rings (SSSR count). The van der Waals surface area contributed by atoms with E-state index in [9.17, 15) is 0 Å². The van der Waals surface area contributed by atoms with Crippen LogP contribution in [0.2, 0.25) is 0 Å². The third kappa shape index (κ3) is 17.9. The second-order valence-corrected chi connectivity index (χ2v) is 6.30. The van der Waals surface area contributed by atoms with Crippen LogP contribution >= 0.6 is 0 Å². The van der Waals surface area contributed by atoms with Crippen LogP contribution in [0.5, 0.6) is 0 Å². The summed E-state index contributed by atoms with van der Waals surface area (Å²) in [7, 11) is 4.18. The smallest absolute Gasteiger partial charge is 0.0593 e. The van der Waals surface area contributed by atoms with Gasteiger partial charge in [-0.3, -0.25) is 0 Å². The highest BCUT2D eigenvalue weighted by Crippen LogP contribution is 2.11. The van der Waals surface area contributed by atoms with Crippen LogP contribution in [-0.4, -0.2) is 38.8 Å². The van der Waals surface area contributed by atoms with E-state index in [1.807, 2.05) is 0 Å². The Hall–Kier alpha value is -0.0800. The molecule has 0 radical (unpaired) electrons. The highest BCUT2D eigenvalue weighted by atomic mass is 16.5. The van der Waals surface area contributed by atoms with Gasteiger partial charge in [-0.05, 0) is 20.5 Å². The van der Waals surface area contributed by atoms with Crippen LogP contribution in [0.25, 0.3) is 0 Å². The Labute approximate surface area is 128 Å². The summed E-state index contributed by atoms with van der Waals surface area (Å²) >= 11 is 0. The van der Waals surface area contributed by atoms with E-state index < -0.39 is 0 Å². The van der Waals surface area contributed by atoms with Crippen molar-refractivity contribution in [3.63, 3.8) is 0 Å². The topological polar surface area (TPSA) is 12.5 Å². The summed E-state index contributed by atoms with van der Waals surface area (Å²) in [6, 6.07) is 0. The maximum absolute atomic E-state index is 5.59. The first-order chi connectivity index (χ1) is 9.77. The number of nitrogens with zero attached hydrogens (tertiary/aromatic N) is 1. The van der Waals surface area contributed by atoms with E-state index in [1.165, 1.54) is 77.0 Å². The molecule has 0 atom stereocenters. The lowest BCUT2D eigenvalue weighted by molar-refractivity contribution is 0.114. The number of ether oxygens (including phenoxy) is 1. The predicted octanol–water partition coefficient (Wildman–Crippen LogP) is 5.27. The number of hydrogen-bond donors (Lipinski definition) is 0. The molecule has 0 aliphatic heterocycles. The summed E-state index contributed by atoms with van der Waals surface area (Å²) in [6.07, 6.45) is 16.9. The van der Waals surface area contributed by atoms with Gasteiger partial charge in [-0.15, -0.1) is 0 Å². The van der Waals surface area contributed by atoms with Gasteiger partial charge in [0.25, 0.3) is 0 Å². The molecule has 0 aromatic carbocycles. The summed E-state index contributed by atoms with van der Waals surface area (Å²) < 4.78 is 5.59. The molecule has 0 aromatic heterocycles. The van der Waals surface area contributed by atoms with Crippen molar-refractivity contribution >= 4 is 0 Å². The van der Waals surface area contributed by atoms with Crippen LogP contribution in [-0.2, 0) is 4.74 Å². The number of unbranched alkanes of at least 4 members (excludes halogenated alkanes) is 11. The van der Waals surface area contributed by atoms with Crippen molar-refractivity contribution < 1.29 is 4.74 Å². The summed E-state index contributed by atoms with van der Waals surface area (Å²) in [5.74, 6) is 0. The van der Waals surface area contributed by atoms with Crippen molar-refractivity contribution in [1.82, 2.24) is 4.90 Å². The summed E-state index contributed by atoms with van der Waals surface area (Å²) in [6.45, 7) is 5.15.